The van der Waals surface area contributed by atoms with E-state index in [-0.39, 0.29) is 30.6 Å². The fraction of sp³-hybridized carbons (Fsp3) is 0.286. The van der Waals surface area contributed by atoms with Gasteiger partial charge in [-0.15, -0.1) is 0 Å². The summed E-state index contributed by atoms with van der Waals surface area (Å²) in [7, 11) is 4.45. The molecule has 158 valence electrons. The number of methoxy groups -OCH3 is 3. The SMILES string of the molecule is COc1cc(NC(=O)CC[C@@H]2NC(=O)c3ccccc3NC2=O)cc(OC)c1OC. The number of anilines is 2. The fourth-order valence-electron chi connectivity index (χ4n) is 3.17. The van der Waals surface area contributed by atoms with E-state index in [2.05, 4.69) is 16.0 Å². The number of hydrogen-bond donors (Lipinski definition) is 3. The van der Waals surface area contributed by atoms with Crippen molar-refractivity contribution in [2.75, 3.05) is 32.0 Å². The third-order valence-corrected chi connectivity index (χ3v) is 4.66. The highest BCUT2D eigenvalue weighted by Crippen LogP contribution is 2.39. The molecule has 30 heavy (non-hydrogen) atoms. The molecular formula is C21H23N3O6. The molecule has 0 bridgehead atoms. The van der Waals surface area contributed by atoms with Crippen LogP contribution < -0.4 is 30.2 Å². The van der Waals surface area contributed by atoms with Crippen LogP contribution in [0.15, 0.2) is 36.4 Å². The molecule has 1 aliphatic rings. The van der Waals surface area contributed by atoms with Crippen LogP contribution in [0.3, 0.4) is 0 Å². The Morgan fingerprint density at radius 2 is 1.70 bits per heavy atom. The molecule has 3 N–H and O–H groups in total. The maximum atomic E-state index is 12.4. The van der Waals surface area contributed by atoms with Crippen molar-refractivity contribution in [3.63, 3.8) is 0 Å². The van der Waals surface area contributed by atoms with Crippen molar-refractivity contribution in [2.24, 2.45) is 0 Å². The van der Waals surface area contributed by atoms with Crippen molar-refractivity contribution >= 4 is 29.1 Å². The molecule has 0 unspecified atom stereocenters. The number of rotatable bonds is 7. The summed E-state index contributed by atoms with van der Waals surface area (Å²) in [5, 5.41) is 8.13. The first-order valence-electron chi connectivity index (χ1n) is 9.27. The smallest absolute Gasteiger partial charge is 0.254 e. The monoisotopic (exact) mass is 413 g/mol. The predicted molar refractivity (Wildman–Crippen MR) is 110 cm³/mol. The van der Waals surface area contributed by atoms with E-state index < -0.39 is 6.04 Å². The highest BCUT2D eigenvalue weighted by atomic mass is 16.5. The minimum Gasteiger partial charge on any atom is -0.493 e. The lowest BCUT2D eigenvalue weighted by molar-refractivity contribution is -0.118. The Hall–Kier alpha value is -3.75. The Bertz CT molecular complexity index is 950. The second kappa shape index (κ2) is 9.17. The van der Waals surface area contributed by atoms with Gasteiger partial charge in [0.25, 0.3) is 5.91 Å². The Morgan fingerprint density at radius 1 is 1.03 bits per heavy atom. The zero-order valence-electron chi connectivity index (χ0n) is 16.9. The standard InChI is InChI=1S/C21H23N3O6/c1-28-16-10-12(11-17(29-2)19(16)30-3)22-18(25)9-8-15-21(27)23-14-7-5-4-6-13(14)20(26)24-15/h4-7,10-11,15H,8-9H2,1-3H3,(H,22,25)(H,23,27)(H,24,26)/t15-/m0/s1. The average molecular weight is 413 g/mol. The lowest BCUT2D eigenvalue weighted by Crippen LogP contribution is -2.41. The van der Waals surface area contributed by atoms with Gasteiger partial charge in [0.1, 0.15) is 6.04 Å². The number of para-hydroxylation sites is 1. The van der Waals surface area contributed by atoms with Crippen molar-refractivity contribution in [1.82, 2.24) is 5.32 Å². The lowest BCUT2D eigenvalue weighted by atomic mass is 10.1. The molecule has 1 aliphatic heterocycles. The summed E-state index contributed by atoms with van der Waals surface area (Å²) in [4.78, 5) is 37.2. The Labute approximate surface area is 173 Å². The molecule has 0 saturated heterocycles. The molecule has 0 spiro atoms. The minimum absolute atomic E-state index is 0.0192. The Morgan fingerprint density at radius 3 is 2.33 bits per heavy atom. The molecule has 0 fully saturated rings. The summed E-state index contributed by atoms with van der Waals surface area (Å²) in [5.41, 5.74) is 1.29. The third-order valence-electron chi connectivity index (χ3n) is 4.66. The van der Waals surface area contributed by atoms with Crippen LogP contribution in [-0.2, 0) is 9.59 Å². The second-order valence-corrected chi connectivity index (χ2v) is 6.56. The van der Waals surface area contributed by atoms with Gasteiger partial charge in [-0.2, -0.15) is 0 Å². The topological polar surface area (TPSA) is 115 Å². The Kier molecular flexibility index (Phi) is 6.41. The number of amides is 3. The predicted octanol–water partition coefficient (Wildman–Crippen LogP) is 2.18. The van der Waals surface area contributed by atoms with Gasteiger partial charge in [-0.05, 0) is 18.6 Å². The molecule has 2 aromatic rings. The maximum Gasteiger partial charge on any atom is 0.254 e. The van der Waals surface area contributed by atoms with Crippen molar-refractivity contribution in [2.45, 2.75) is 18.9 Å². The molecule has 1 heterocycles. The van der Waals surface area contributed by atoms with Crippen LogP contribution in [-0.4, -0.2) is 45.1 Å². The number of nitrogens with one attached hydrogen (secondary N) is 3. The number of fused-ring (bicyclic) bond motifs is 1. The molecule has 9 heteroatoms. The van der Waals surface area contributed by atoms with E-state index in [0.29, 0.717) is 34.2 Å². The van der Waals surface area contributed by atoms with Crippen LogP contribution in [0, 0.1) is 0 Å². The first-order valence-corrected chi connectivity index (χ1v) is 9.27. The first kappa shape index (κ1) is 21.0. The van der Waals surface area contributed by atoms with Crippen molar-refractivity contribution in [3.05, 3.63) is 42.0 Å². The number of hydrogen-bond acceptors (Lipinski definition) is 6. The Balaban J connectivity index is 1.65. The van der Waals surface area contributed by atoms with E-state index in [4.69, 9.17) is 14.2 Å². The summed E-state index contributed by atoms with van der Waals surface area (Å²) < 4.78 is 15.8. The van der Waals surface area contributed by atoms with Gasteiger partial charge in [0.05, 0.1) is 32.6 Å². The third kappa shape index (κ3) is 4.45. The summed E-state index contributed by atoms with van der Waals surface area (Å²) >= 11 is 0. The summed E-state index contributed by atoms with van der Waals surface area (Å²) in [5.74, 6) is 0.164. The molecule has 0 saturated carbocycles. The van der Waals surface area contributed by atoms with E-state index in [1.165, 1.54) is 21.3 Å². The molecule has 3 rings (SSSR count). The summed E-state index contributed by atoms with van der Waals surface area (Å²) in [6.07, 6.45) is 0.160. The highest BCUT2D eigenvalue weighted by molar-refractivity contribution is 6.10. The molecule has 0 radical (unpaired) electrons. The molecule has 9 nitrogen and oxygen atoms in total. The second-order valence-electron chi connectivity index (χ2n) is 6.56. The summed E-state index contributed by atoms with van der Waals surface area (Å²) in [6.45, 7) is 0. The van der Waals surface area contributed by atoms with Crippen LogP contribution in [0.2, 0.25) is 0 Å². The van der Waals surface area contributed by atoms with E-state index in [0.717, 1.165) is 0 Å². The molecule has 2 aromatic carbocycles. The molecular weight excluding hydrogens is 390 g/mol. The van der Waals surface area contributed by atoms with Gasteiger partial charge in [-0.3, -0.25) is 14.4 Å². The zero-order valence-corrected chi connectivity index (χ0v) is 16.9. The zero-order chi connectivity index (χ0) is 21.7. The van der Waals surface area contributed by atoms with E-state index in [1.807, 2.05) is 0 Å². The average Bonchev–Trinajstić information content (AvgIpc) is 2.87. The number of carbonyl (C=O) groups is 3. The first-order chi connectivity index (χ1) is 14.5. The van der Waals surface area contributed by atoms with Crippen LogP contribution >= 0.6 is 0 Å². The van der Waals surface area contributed by atoms with Gasteiger partial charge in [0.15, 0.2) is 11.5 Å². The van der Waals surface area contributed by atoms with Gasteiger partial charge < -0.3 is 30.2 Å². The van der Waals surface area contributed by atoms with E-state index >= 15 is 0 Å². The highest BCUT2D eigenvalue weighted by Gasteiger charge is 2.28. The minimum atomic E-state index is -0.824. The maximum absolute atomic E-state index is 12.4. The molecule has 3 amide bonds. The van der Waals surface area contributed by atoms with Crippen LogP contribution in [0.25, 0.3) is 0 Å². The van der Waals surface area contributed by atoms with Crippen LogP contribution in [0.4, 0.5) is 11.4 Å². The normalized spacial score (nSPS) is 15.2. The largest absolute Gasteiger partial charge is 0.493 e. The van der Waals surface area contributed by atoms with Crippen molar-refractivity contribution < 1.29 is 28.6 Å². The number of carbonyl (C=O) groups excluding carboxylic acids is 3. The van der Waals surface area contributed by atoms with Gasteiger partial charge in [0, 0.05) is 24.2 Å². The van der Waals surface area contributed by atoms with E-state index in [9.17, 15) is 14.4 Å². The van der Waals surface area contributed by atoms with Gasteiger partial charge >= 0.3 is 0 Å². The van der Waals surface area contributed by atoms with E-state index in [1.54, 1.807) is 36.4 Å². The van der Waals surface area contributed by atoms with Crippen LogP contribution in [0.5, 0.6) is 17.2 Å². The molecule has 0 aromatic heterocycles. The van der Waals surface area contributed by atoms with Crippen molar-refractivity contribution in [3.8, 4) is 17.2 Å². The van der Waals surface area contributed by atoms with Crippen LogP contribution in [0.1, 0.15) is 23.2 Å². The van der Waals surface area contributed by atoms with Gasteiger partial charge in [0.2, 0.25) is 17.6 Å². The van der Waals surface area contributed by atoms with Gasteiger partial charge in [-0.1, -0.05) is 12.1 Å². The number of ether oxygens (including phenoxy) is 3. The quantitative estimate of drug-likeness (QED) is 0.641. The summed E-state index contributed by atoms with van der Waals surface area (Å²) in [6, 6.07) is 9.13. The lowest BCUT2D eigenvalue weighted by Gasteiger charge is -2.16. The molecule has 1 atom stereocenters. The molecule has 0 aliphatic carbocycles. The van der Waals surface area contributed by atoms with Gasteiger partial charge in [-0.25, -0.2) is 0 Å². The van der Waals surface area contributed by atoms with Crippen molar-refractivity contribution in [1.29, 1.82) is 0 Å². The number of benzene rings is 2. The fourth-order valence-corrected chi connectivity index (χ4v) is 3.17.